The SMILES string of the molecule is COc1ccc(-n2cc(-c3cnc4ccccc4n3)cn2)cc1. The Morgan fingerprint density at radius 2 is 1.70 bits per heavy atom. The second-order valence-electron chi connectivity index (χ2n) is 5.12. The van der Waals surface area contributed by atoms with Crippen molar-refractivity contribution in [3.05, 3.63) is 67.1 Å². The summed E-state index contributed by atoms with van der Waals surface area (Å²) in [5.41, 5.74) is 4.47. The van der Waals surface area contributed by atoms with Gasteiger partial charge in [-0.3, -0.25) is 4.98 Å². The number of para-hydroxylation sites is 2. The highest BCUT2D eigenvalue weighted by atomic mass is 16.5. The molecule has 4 aromatic rings. The number of nitrogens with zero attached hydrogens (tertiary/aromatic N) is 4. The Labute approximate surface area is 133 Å². The summed E-state index contributed by atoms with van der Waals surface area (Å²) >= 11 is 0. The fourth-order valence-corrected chi connectivity index (χ4v) is 2.43. The molecule has 0 aliphatic heterocycles. The quantitative estimate of drug-likeness (QED) is 0.581. The Bertz CT molecular complexity index is 960. The molecule has 0 unspecified atom stereocenters. The van der Waals surface area contributed by atoms with Gasteiger partial charge in [0, 0.05) is 11.8 Å². The van der Waals surface area contributed by atoms with E-state index in [2.05, 4.69) is 15.1 Å². The third-order valence-electron chi connectivity index (χ3n) is 3.66. The Kier molecular flexibility index (Phi) is 3.24. The summed E-state index contributed by atoms with van der Waals surface area (Å²) in [6.07, 6.45) is 5.52. The van der Waals surface area contributed by atoms with Crippen LogP contribution in [0.25, 0.3) is 28.0 Å². The predicted octanol–water partition coefficient (Wildman–Crippen LogP) is 3.49. The first kappa shape index (κ1) is 13.5. The molecule has 23 heavy (non-hydrogen) atoms. The van der Waals surface area contributed by atoms with E-state index in [0.717, 1.165) is 33.7 Å². The first-order chi connectivity index (χ1) is 11.3. The Morgan fingerprint density at radius 3 is 2.48 bits per heavy atom. The highest BCUT2D eigenvalue weighted by Crippen LogP contribution is 2.21. The van der Waals surface area contributed by atoms with Gasteiger partial charge in [-0.15, -0.1) is 0 Å². The van der Waals surface area contributed by atoms with Crippen molar-refractivity contribution in [1.29, 1.82) is 0 Å². The van der Waals surface area contributed by atoms with Crippen LogP contribution in [0.1, 0.15) is 0 Å². The van der Waals surface area contributed by atoms with Crippen molar-refractivity contribution in [1.82, 2.24) is 19.7 Å². The molecule has 0 saturated carbocycles. The number of rotatable bonds is 3. The molecule has 112 valence electrons. The number of hydrogen-bond donors (Lipinski definition) is 0. The molecule has 0 amide bonds. The van der Waals surface area contributed by atoms with E-state index in [1.165, 1.54) is 0 Å². The highest BCUT2D eigenvalue weighted by molar-refractivity contribution is 5.76. The minimum absolute atomic E-state index is 0.809. The van der Waals surface area contributed by atoms with E-state index in [0.29, 0.717) is 0 Å². The van der Waals surface area contributed by atoms with Gasteiger partial charge in [-0.25, -0.2) is 9.67 Å². The maximum atomic E-state index is 5.17. The van der Waals surface area contributed by atoms with Gasteiger partial charge in [0.2, 0.25) is 0 Å². The van der Waals surface area contributed by atoms with Crippen molar-refractivity contribution in [3.63, 3.8) is 0 Å². The van der Waals surface area contributed by atoms with Crippen molar-refractivity contribution in [2.75, 3.05) is 7.11 Å². The van der Waals surface area contributed by atoms with Gasteiger partial charge in [-0.2, -0.15) is 5.10 Å². The van der Waals surface area contributed by atoms with Gasteiger partial charge in [0.1, 0.15) is 5.75 Å². The molecule has 0 bridgehead atoms. The Hall–Kier alpha value is -3.21. The summed E-state index contributed by atoms with van der Waals surface area (Å²) in [6.45, 7) is 0. The predicted molar refractivity (Wildman–Crippen MR) is 88.6 cm³/mol. The Balaban J connectivity index is 1.70. The molecule has 0 aliphatic carbocycles. The van der Waals surface area contributed by atoms with Crippen LogP contribution in [0.3, 0.4) is 0 Å². The molecule has 5 heteroatoms. The Morgan fingerprint density at radius 1 is 0.913 bits per heavy atom. The van der Waals surface area contributed by atoms with Crippen LogP contribution in [-0.4, -0.2) is 26.9 Å². The number of aromatic nitrogens is 4. The topological polar surface area (TPSA) is 52.8 Å². The maximum absolute atomic E-state index is 5.17. The lowest BCUT2D eigenvalue weighted by Gasteiger charge is -2.03. The van der Waals surface area contributed by atoms with Crippen LogP contribution >= 0.6 is 0 Å². The monoisotopic (exact) mass is 302 g/mol. The summed E-state index contributed by atoms with van der Waals surface area (Å²) in [7, 11) is 1.65. The summed E-state index contributed by atoms with van der Waals surface area (Å²) in [6, 6.07) is 15.6. The lowest BCUT2D eigenvalue weighted by atomic mass is 10.2. The van der Waals surface area contributed by atoms with Gasteiger partial charge >= 0.3 is 0 Å². The molecule has 0 saturated heterocycles. The zero-order valence-corrected chi connectivity index (χ0v) is 12.5. The van der Waals surface area contributed by atoms with E-state index >= 15 is 0 Å². The van der Waals surface area contributed by atoms with Gasteiger partial charge in [0.15, 0.2) is 0 Å². The average Bonchev–Trinajstić information content (AvgIpc) is 3.11. The summed E-state index contributed by atoms with van der Waals surface area (Å²) in [5, 5.41) is 4.41. The van der Waals surface area contributed by atoms with Gasteiger partial charge in [0.05, 0.1) is 41.9 Å². The van der Waals surface area contributed by atoms with Crippen LogP contribution in [-0.2, 0) is 0 Å². The molecule has 0 N–H and O–H groups in total. The van der Waals surface area contributed by atoms with E-state index in [4.69, 9.17) is 4.74 Å². The third-order valence-corrected chi connectivity index (χ3v) is 3.66. The lowest BCUT2D eigenvalue weighted by molar-refractivity contribution is 0.414. The first-order valence-electron chi connectivity index (χ1n) is 7.25. The largest absolute Gasteiger partial charge is 0.497 e. The zero-order chi connectivity index (χ0) is 15.6. The van der Waals surface area contributed by atoms with E-state index in [9.17, 15) is 0 Å². The molecule has 2 aromatic heterocycles. The normalized spacial score (nSPS) is 10.8. The van der Waals surface area contributed by atoms with Crippen molar-refractivity contribution < 1.29 is 4.74 Å². The summed E-state index contributed by atoms with van der Waals surface area (Å²) in [5.74, 6) is 0.821. The number of benzene rings is 2. The molecular weight excluding hydrogens is 288 g/mol. The van der Waals surface area contributed by atoms with E-state index in [-0.39, 0.29) is 0 Å². The molecule has 0 fully saturated rings. The van der Waals surface area contributed by atoms with Crippen molar-refractivity contribution >= 4 is 11.0 Å². The van der Waals surface area contributed by atoms with Gasteiger partial charge < -0.3 is 4.74 Å². The molecule has 2 heterocycles. The fourth-order valence-electron chi connectivity index (χ4n) is 2.43. The average molecular weight is 302 g/mol. The van der Waals surface area contributed by atoms with Crippen LogP contribution in [0.15, 0.2) is 67.1 Å². The van der Waals surface area contributed by atoms with Gasteiger partial charge in [-0.1, -0.05) is 12.1 Å². The molecule has 4 rings (SSSR count). The molecule has 0 aliphatic rings. The van der Waals surface area contributed by atoms with Gasteiger partial charge in [-0.05, 0) is 36.4 Å². The summed E-state index contributed by atoms with van der Waals surface area (Å²) in [4.78, 5) is 9.09. The van der Waals surface area contributed by atoms with Crippen LogP contribution in [0.2, 0.25) is 0 Å². The van der Waals surface area contributed by atoms with Crippen LogP contribution < -0.4 is 4.74 Å². The minimum atomic E-state index is 0.809. The van der Waals surface area contributed by atoms with Crippen molar-refractivity contribution in [2.45, 2.75) is 0 Å². The van der Waals surface area contributed by atoms with Crippen molar-refractivity contribution in [2.24, 2.45) is 0 Å². The fraction of sp³-hybridized carbons (Fsp3) is 0.0556. The number of methoxy groups -OCH3 is 1. The zero-order valence-electron chi connectivity index (χ0n) is 12.5. The molecule has 0 atom stereocenters. The number of hydrogen-bond acceptors (Lipinski definition) is 4. The lowest BCUT2D eigenvalue weighted by Crippen LogP contribution is -1.94. The maximum Gasteiger partial charge on any atom is 0.119 e. The van der Waals surface area contributed by atoms with E-state index < -0.39 is 0 Å². The molecule has 2 aromatic carbocycles. The second-order valence-corrected chi connectivity index (χ2v) is 5.12. The van der Waals surface area contributed by atoms with Crippen LogP contribution in [0.5, 0.6) is 5.75 Å². The molecular formula is C18H14N4O. The van der Waals surface area contributed by atoms with E-state index in [1.807, 2.05) is 59.4 Å². The molecule has 0 radical (unpaired) electrons. The van der Waals surface area contributed by atoms with Crippen LogP contribution in [0, 0.1) is 0 Å². The second kappa shape index (κ2) is 5.53. The highest BCUT2D eigenvalue weighted by Gasteiger charge is 2.06. The first-order valence-corrected chi connectivity index (χ1v) is 7.25. The standard InChI is InChI=1S/C18H14N4O/c1-23-15-8-6-14(7-9-15)22-12-13(10-20-22)18-11-19-16-4-2-3-5-17(16)21-18/h2-12H,1H3. The molecule has 0 spiro atoms. The number of fused-ring (bicyclic) bond motifs is 1. The van der Waals surface area contributed by atoms with E-state index in [1.54, 1.807) is 19.5 Å². The number of ether oxygens (including phenoxy) is 1. The van der Waals surface area contributed by atoms with Crippen molar-refractivity contribution in [3.8, 4) is 22.7 Å². The summed E-state index contributed by atoms with van der Waals surface area (Å²) < 4.78 is 6.98. The molecule has 5 nitrogen and oxygen atoms in total. The minimum Gasteiger partial charge on any atom is -0.497 e. The van der Waals surface area contributed by atoms with Gasteiger partial charge in [0.25, 0.3) is 0 Å². The van der Waals surface area contributed by atoms with Crippen LogP contribution in [0.4, 0.5) is 0 Å². The smallest absolute Gasteiger partial charge is 0.119 e. The third kappa shape index (κ3) is 2.53.